The predicted octanol–water partition coefficient (Wildman–Crippen LogP) is 0.781. The molecule has 4 nitrogen and oxygen atoms in total. The Balaban J connectivity index is 1.78. The molecule has 0 radical (unpaired) electrons. The zero-order chi connectivity index (χ0) is 12.5. The smallest absolute Gasteiger partial charge is 0.240 e. The van der Waals surface area contributed by atoms with Crippen molar-refractivity contribution in [3.05, 3.63) is 0 Å². The second-order valence-electron chi connectivity index (χ2n) is 6.06. The van der Waals surface area contributed by atoms with E-state index in [4.69, 9.17) is 5.73 Å². The summed E-state index contributed by atoms with van der Waals surface area (Å²) in [5.41, 5.74) is 5.55. The minimum Gasteiger partial charge on any atom is -0.393 e. The molecular weight excluding hydrogens is 216 g/mol. The fourth-order valence-electron chi connectivity index (χ4n) is 3.08. The van der Waals surface area contributed by atoms with Crippen LogP contribution in [0.15, 0.2) is 0 Å². The fourth-order valence-corrected chi connectivity index (χ4v) is 3.08. The fraction of sp³-hybridized carbons (Fsp3) is 0.923. The molecule has 0 heterocycles. The Kier molecular flexibility index (Phi) is 3.73. The summed E-state index contributed by atoms with van der Waals surface area (Å²) in [6.07, 6.45) is 5.30. The third-order valence-electron chi connectivity index (χ3n) is 4.25. The average Bonchev–Trinajstić information content (AvgIpc) is 2.22. The quantitative estimate of drug-likeness (QED) is 0.682. The van der Waals surface area contributed by atoms with E-state index in [9.17, 15) is 9.90 Å². The third-order valence-corrected chi connectivity index (χ3v) is 4.25. The van der Waals surface area contributed by atoms with Gasteiger partial charge in [0.25, 0.3) is 0 Å². The largest absolute Gasteiger partial charge is 0.393 e. The number of hydrogen-bond donors (Lipinski definition) is 3. The number of nitrogens with one attached hydrogen (secondary N) is 1. The number of rotatable bonds is 3. The predicted molar refractivity (Wildman–Crippen MR) is 66.3 cm³/mol. The Labute approximate surface area is 103 Å². The molecule has 2 aliphatic carbocycles. The van der Waals surface area contributed by atoms with Crippen LogP contribution in [0.25, 0.3) is 0 Å². The van der Waals surface area contributed by atoms with Gasteiger partial charge in [-0.2, -0.15) is 0 Å². The lowest BCUT2D eigenvalue weighted by Crippen LogP contribution is -2.57. The van der Waals surface area contributed by atoms with Gasteiger partial charge in [-0.15, -0.1) is 0 Å². The molecule has 2 atom stereocenters. The van der Waals surface area contributed by atoms with E-state index in [1.165, 1.54) is 6.42 Å². The van der Waals surface area contributed by atoms with E-state index in [1.807, 2.05) is 0 Å². The van der Waals surface area contributed by atoms with Crippen LogP contribution in [0.3, 0.4) is 0 Å². The van der Waals surface area contributed by atoms with Gasteiger partial charge in [0.2, 0.25) is 5.91 Å². The van der Waals surface area contributed by atoms with Crippen LogP contribution in [-0.4, -0.2) is 29.2 Å². The van der Waals surface area contributed by atoms with Crippen molar-refractivity contribution in [2.45, 2.75) is 57.1 Å². The van der Waals surface area contributed by atoms with Crippen molar-refractivity contribution < 1.29 is 9.90 Å². The van der Waals surface area contributed by atoms with Gasteiger partial charge in [0.05, 0.1) is 11.6 Å². The standard InChI is InChI=1S/C13H24N2O2/c1-9-3-2-4-13(14,7-9)12(17)15-8-10-5-11(16)6-10/h9-11,16H,2-8,14H2,1H3,(H,15,17). The Hall–Kier alpha value is -0.610. The highest BCUT2D eigenvalue weighted by Gasteiger charge is 2.38. The molecule has 2 fully saturated rings. The van der Waals surface area contributed by atoms with Crippen LogP contribution >= 0.6 is 0 Å². The Morgan fingerprint density at radius 1 is 1.53 bits per heavy atom. The molecule has 0 saturated heterocycles. The highest BCUT2D eigenvalue weighted by molar-refractivity contribution is 5.86. The van der Waals surface area contributed by atoms with Gasteiger partial charge in [0, 0.05) is 6.54 Å². The van der Waals surface area contributed by atoms with Crippen LogP contribution in [0.2, 0.25) is 0 Å². The molecule has 2 aliphatic rings. The van der Waals surface area contributed by atoms with Gasteiger partial charge in [-0.25, -0.2) is 0 Å². The summed E-state index contributed by atoms with van der Waals surface area (Å²) in [4.78, 5) is 12.1. The Morgan fingerprint density at radius 3 is 2.82 bits per heavy atom. The molecule has 1 amide bonds. The zero-order valence-corrected chi connectivity index (χ0v) is 10.6. The first-order valence-electron chi connectivity index (χ1n) is 6.75. The van der Waals surface area contributed by atoms with Crippen molar-refractivity contribution in [2.24, 2.45) is 17.6 Å². The number of amides is 1. The van der Waals surface area contributed by atoms with Gasteiger partial charge in [-0.1, -0.05) is 19.8 Å². The lowest BCUT2D eigenvalue weighted by atomic mass is 9.76. The van der Waals surface area contributed by atoms with Crippen LogP contribution in [0.5, 0.6) is 0 Å². The van der Waals surface area contributed by atoms with Crippen molar-refractivity contribution in [3.8, 4) is 0 Å². The maximum atomic E-state index is 12.1. The summed E-state index contributed by atoms with van der Waals surface area (Å²) in [5, 5.41) is 12.1. The van der Waals surface area contributed by atoms with Gasteiger partial charge in [0.15, 0.2) is 0 Å². The zero-order valence-electron chi connectivity index (χ0n) is 10.6. The van der Waals surface area contributed by atoms with E-state index in [-0.39, 0.29) is 12.0 Å². The number of hydrogen-bond acceptors (Lipinski definition) is 3. The van der Waals surface area contributed by atoms with E-state index >= 15 is 0 Å². The third kappa shape index (κ3) is 2.99. The van der Waals surface area contributed by atoms with Gasteiger partial charge >= 0.3 is 0 Å². The molecule has 4 heteroatoms. The summed E-state index contributed by atoms with van der Waals surface area (Å²) in [7, 11) is 0. The van der Waals surface area contributed by atoms with Gasteiger partial charge < -0.3 is 16.2 Å². The molecule has 98 valence electrons. The maximum absolute atomic E-state index is 12.1. The van der Waals surface area contributed by atoms with Crippen LogP contribution in [-0.2, 0) is 4.79 Å². The van der Waals surface area contributed by atoms with Crippen LogP contribution < -0.4 is 11.1 Å². The van der Waals surface area contributed by atoms with Crippen LogP contribution in [0, 0.1) is 11.8 Å². The van der Waals surface area contributed by atoms with Crippen molar-refractivity contribution in [1.82, 2.24) is 5.32 Å². The summed E-state index contributed by atoms with van der Waals surface area (Å²) in [5.74, 6) is 0.994. The Morgan fingerprint density at radius 2 is 2.24 bits per heavy atom. The van der Waals surface area contributed by atoms with Crippen molar-refractivity contribution >= 4 is 5.91 Å². The molecule has 0 bridgehead atoms. The lowest BCUT2D eigenvalue weighted by Gasteiger charge is -2.37. The molecule has 17 heavy (non-hydrogen) atoms. The number of aliphatic hydroxyl groups excluding tert-OH is 1. The Bertz CT molecular complexity index is 289. The molecular formula is C13H24N2O2. The molecule has 0 aromatic rings. The molecule has 0 aliphatic heterocycles. The molecule has 2 unspecified atom stereocenters. The summed E-state index contributed by atoms with van der Waals surface area (Å²) in [6.45, 7) is 2.83. The molecule has 2 rings (SSSR count). The second-order valence-corrected chi connectivity index (χ2v) is 6.06. The van der Waals surface area contributed by atoms with E-state index in [1.54, 1.807) is 0 Å². The number of carbonyl (C=O) groups is 1. The lowest BCUT2D eigenvalue weighted by molar-refractivity contribution is -0.128. The van der Waals surface area contributed by atoms with Crippen molar-refractivity contribution in [3.63, 3.8) is 0 Å². The first-order chi connectivity index (χ1) is 7.99. The molecule has 0 aromatic carbocycles. The molecule has 2 saturated carbocycles. The minimum atomic E-state index is -0.653. The van der Waals surface area contributed by atoms with Crippen LogP contribution in [0.1, 0.15) is 45.4 Å². The second kappa shape index (κ2) is 4.94. The molecule has 4 N–H and O–H groups in total. The average molecular weight is 240 g/mol. The van der Waals surface area contributed by atoms with E-state index < -0.39 is 5.54 Å². The van der Waals surface area contributed by atoms with Crippen LogP contribution in [0.4, 0.5) is 0 Å². The normalized spacial score (nSPS) is 41.7. The maximum Gasteiger partial charge on any atom is 0.240 e. The van der Waals surface area contributed by atoms with Gasteiger partial charge in [0.1, 0.15) is 0 Å². The van der Waals surface area contributed by atoms with Crippen molar-refractivity contribution in [2.75, 3.05) is 6.54 Å². The first kappa shape index (κ1) is 12.8. The number of aliphatic hydroxyl groups is 1. The van der Waals surface area contributed by atoms with Crippen molar-refractivity contribution in [1.29, 1.82) is 0 Å². The highest BCUT2D eigenvalue weighted by atomic mass is 16.3. The monoisotopic (exact) mass is 240 g/mol. The molecule has 0 spiro atoms. The number of carbonyl (C=O) groups excluding carboxylic acids is 1. The van der Waals surface area contributed by atoms with Gasteiger partial charge in [-0.05, 0) is 37.5 Å². The van der Waals surface area contributed by atoms with E-state index in [0.29, 0.717) is 18.4 Å². The highest BCUT2D eigenvalue weighted by Crippen LogP contribution is 2.31. The topological polar surface area (TPSA) is 75.4 Å². The SMILES string of the molecule is CC1CCCC(N)(C(=O)NCC2CC(O)C2)C1. The first-order valence-corrected chi connectivity index (χ1v) is 6.75. The van der Waals surface area contributed by atoms with E-state index in [2.05, 4.69) is 12.2 Å². The van der Waals surface area contributed by atoms with E-state index in [0.717, 1.165) is 32.1 Å². The summed E-state index contributed by atoms with van der Waals surface area (Å²) < 4.78 is 0. The minimum absolute atomic E-state index is 0.00504. The molecule has 0 aromatic heterocycles. The summed E-state index contributed by atoms with van der Waals surface area (Å²) in [6, 6.07) is 0. The summed E-state index contributed by atoms with van der Waals surface area (Å²) >= 11 is 0. The number of nitrogens with two attached hydrogens (primary N) is 1. The van der Waals surface area contributed by atoms with Gasteiger partial charge in [-0.3, -0.25) is 4.79 Å².